The lowest BCUT2D eigenvalue weighted by Crippen LogP contribution is -2.08. The normalized spacial score (nSPS) is 15.7. The smallest absolute Gasteiger partial charge is 0.331 e. The van der Waals surface area contributed by atoms with Crippen molar-refractivity contribution in [2.45, 2.75) is 29.6 Å². The van der Waals surface area contributed by atoms with E-state index in [4.69, 9.17) is 0 Å². The number of fused-ring (bicyclic) bond motifs is 1. The van der Waals surface area contributed by atoms with Crippen molar-refractivity contribution < 1.29 is 18.3 Å². The van der Waals surface area contributed by atoms with E-state index in [1.807, 2.05) is 18.2 Å². The highest BCUT2D eigenvalue weighted by Gasteiger charge is 2.25. The van der Waals surface area contributed by atoms with Gasteiger partial charge in [0.15, 0.2) is 9.84 Å². The Morgan fingerprint density at radius 3 is 2.69 bits per heavy atom. The monoisotopic (exact) mass is 388 g/mol. The highest BCUT2D eigenvalue weighted by atomic mass is 32.2. The predicted molar refractivity (Wildman–Crippen MR) is 105 cm³/mol. The maximum Gasteiger partial charge on any atom is 0.331 e. The van der Waals surface area contributed by atoms with Crippen LogP contribution in [0.25, 0.3) is 17.2 Å². The van der Waals surface area contributed by atoms with Crippen molar-refractivity contribution in [3.63, 3.8) is 0 Å². The van der Waals surface area contributed by atoms with Gasteiger partial charge in [-0.1, -0.05) is 31.2 Å². The fourth-order valence-electron chi connectivity index (χ4n) is 2.94. The van der Waals surface area contributed by atoms with E-state index in [1.165, 1.54) is 6.08 Å². The third-order valence-electron chi connectivity index (χ3n) is 4.25. The summed E-state index contributed by atoms with van der Waals surface area (Å²) in [7, 11) is -3.49. The summed E-state index contributed by atoms with van der Waals surface area (Å²) in [6.07, 6.45) is 2.57. The number of carbonyl (C=O) groups is 1. The van der Waals surface area contributed by atoms with E-state index in [0.29, 0.717) is 5.56 Å². The zero-order valence-corrected chi connectivity index (χ0v) is 16.1. The predicted octanol–water partition coefficient (Wildman–Crippen LogP) is 4.50. The minimum Gasteiger partial charge on any atom is -0.478 e. The molecule has 1 aliphatic heterocycles. The summed E-state index contributed by atoms with van der Waals surface area (Å²) in [5.74, 6) is -0.253. The quantitative estimate of drug-likeness (QED) is 0.764. The third kappa shape index (κ3) is 3.86. The Bertz CT molecular complexity index is 975. The number of benzene rings is 2. The Balaban J connectivity index is 2.14. The SMILES string of the molecule is CCCSc1ccccc1-c1ccc2c(c1)C=C(C(=O)O)CCS2(=O)=O. The van der Waals surface area contributed by atoms with Gasteiger partial charge < -0.3 is 5.11 Å². The minimum atomic E-state index is -3.49. The Labute approximate surface area is 157 Å². The molecule has 26 heavy (non-hydrogen) atoms. The van der Waals surface area contributed by atoms with Crippen LogP contribution in [0.15, 0.2) is 57.8 Å². The summed E-state index contributed by atoms with van der Waals surface area (Å²) >= 11 is 1.76. The number of rotatable bonds is 5. The van der Waals surface area contributed by atoms with E-state index in [0.717, 1.165) is 28.2 Å². The molecular formula is C20H20O4S2. The first-order chi connectivity index (χ1) is 12.4. The van der Waals surface area contributed by atoms with Crippen molar-refractivity contribution in [1.82, 2.24) is 0 Å². The number of hydrogen-bond donors (Lipinski definition) is 1. The van der Waals surface area contributed by atoms with Gasteiger partial charge in [0.05, 0.1) is 10.6 Å². The van der Waals surface area contributed by atoms with Crippen LogP contribution >= 0.6 is 11.8 Å². The van der Waals surface area contributed by atoms with Crippen molar-refractivity contribution in [1.29, 1.82) is 0 Å². The van der Waals surface area contributed by atoms with Crippen LogP contribution < -0.4 is 0 Å². The number of sulfone groups is 1. The summed E-state index contributed by atoms with van der Waals surface area (Å²) in [4.78, 5) is 12.7. The van der Waals surface area contributed by atoms with Crippen LogP contribution in [-0.2, 0) is 14.6 Å². The van der Waals surface area contributed by atoms with E-state index in [-0.39, 0.29) is 22.6 Å². The van der Waals surface area contributed by atoms with Crippen molar-refractivity contribution in [3.05, 3.63) is 53.6 Å². The molecule has 2 aromatic carbocycles. The molecule has 4 nitrogen and oxygen atoms in total. The standard InChI is InChI=1S/C20H20O4S2/c1-2-10-25-18-6-4-3-5-17(18)14-7-8-19-16(12-14)13-15(20(21)22)9-11-26(19,23)24/h3-8,12-13H,2,9-11H2,1H3,(H,21,22). The lowest BCUT2D eigenvalue weighted by molar-refractivity contribution is -0.132. The highest BCUT2D eigenvalue weighted by molar-refractivity contribution is 7.99. The highest BCUT2D eigenvalue weighted by Crippen LogP contribution is 2.35. The molecule has 0 saturated heterocycles. The molecule has 1 N–H and O–H groups in total. The van der Waals surface area contributed by atoms with Gasteiger partial charge >= 0.3 is 5.97 Å². The summed E-state index contributed by atoms with van der Waals surface area (Å²) in [5.41, 5.74) is 2.49. The second kappa shape index (κ2) is 7.68. The molecule has 0 atom stereocenters. The second-order valence-electron chi connectivity index (χ2n) is 6.14. The molecule has 0 aliphatic carbocycles. The van der Waals surface area contributed by atoms with Crippen LogP contribution in [-0.4, -0.2) is 31.0 Å². The van der Waals surface area contributed by atoms with E-state index in [1.54, 1.807) is 30.0 Å². The Hall–Kier alpha value is -2.05. The summed E-state index contributed by atoms with van der Waals surface area (Å²) in [6.45, 7) is 2.13. The first-order valence-corrected chi connectivity index (χ1v) is 11.1. The maximum atomic E-state index is 12.5. The lowest BCUT2D eigenvalue weighted by atomic mass is 10.0. The average Bonchev–Trinajstić information content (AvgIpc) is 2.76. The number of thioether (sulfide) groups is 1. The zero-order valence-electron chi connectivity index (χ0n) is 14.4. The van der Waals surface area contributed by atoms with Gasteiger partial charge in [-0.05, 0) is 59.6 Å². The molecule has 136 valence electrons. The summed E-state index contributed by atoms with van der Waals surface area (Å²) in [6, 6.07) is 13.2. The molecule has 0 aromatic heterocycles. The first-order valence-electron chi connectivity index (χ1n) is 8.45. The molecular weight excluding hydrogens is 368 g/mol. The zero-order chi connectivity index (χ0) is 18.7. The van der Waals surface area contributed by atoms with Crippen molar-refractivity contribution >= 4 is 33.6 Å². The first kappa shape index (κ1) is 18.7. The molecule has 0 unspecified atom stereocenters. The minimum absolute atomic E-state index is 0.0185. The van der Waals surface area contributed by atoms with Gasteiger partial charge in [0, 0.05) is 10.5 Å². The fraction of sp³-hybridized carbons (Fsp3) is 0.250. The third-order valence-corrected chi connectivity index (χ3v) is 7.31. The number of aliphatic carboxylic acids is 1. The van der Waals surface area contributed by atoms with Crippen LogP contribution in [0.4, 0.5) is 0 Å². The molecule has 0 fully saturated rings. The lowest BCUT2D eigenvalue weighted by Gasteiger charge is -2.12. The van der Waals surface area contributed by atoms with Gasteiger partial charge in [0.1, 0.15) is 0 Å². The molecule has 1 aliphatic rings. The summed E-state index contributed by atoms with van der Waals surface area (Å²) in [5, 5.41) is 9.32. The molecule has 0 radical (unpaired) electrons. The van der Waals surface area contributed by atoms with E-state index in [2.05, 4.69) is 13.0 Å². The van der Waals surface area contributed by atoms with Crippen molar-refractivity contribution in [3.8, 4) is 11.1 Å². The Morgan fingerprint density at radius 2 is 1.96 bits per heavy atom. The molecule has 1 heterocycles. The van der Waals surface area contributed by atoms with E-state index < -0.39 is 15.8 Å². The maximum absolute atomic E-state index is 12.5. The topological polar surface area (TPSA) is 71.4 Å². The van der Waals surface area contributed by atoms with Gasteiger partial charge in [-0.3, -0.25) is 0 Å². The van der Waals surface area contributed by atoms with Gasteiger partial charge in [-0.15, -0.1) is 11.8 Å². The van der Waals surface area contributed by atoms with Gasteiger partial charge in [-0.25, -0.2) is 13.2 Å². The van der Waals surface area contributed by atoms with E-state index >= 15 is 0 Å². The largest absolute Gasteiger partial charge is 0.478 e. The number of hydrogen-bond acceptors (Lipinski definition) is 4. The van der Waals surface area contributed by atoms with Gasteiger partial charge in [0.2, 0.25) is 0 Å². The van der Waals surface area contributed by atoms with Crippen LogP contribution in [0, 0.1) is 0 Å². The summed E-state index contributed by atoms with van der Waals surface area (Å²) < 4.78 is 25.0. The van der Waals surface area contributed by atoms with Crippen molar-refractivity contribution in [2.75, 3.05) is 11.5 Å². The fourth-order valence-corrected chi connectivity index (χ4v) is 5.34. The van der Waals surface area contributed by atoms with Crippen LogP contribution in [0.1, 0.15) is 25.3 Å². The molecule has 0 saturated carbocycles. The van der Waals surface area contributed by atoms with E-state index in [9.17, 15) is 18.3 Å². The number of carboxylic acid groups (broad SMARTS) is 1. The average molecular weight is 389 g/mol. The Morgan fingerprint density at radius 1 is 1.19 bits per heavy atom. The molecule has 0 amide bonds. The molecule has 0 spiro atoms. The molecule has 3 rings (SSSR count). The van der Waals surface area contributed by atoms with Crippen molar-refractivity contribution in [2.24, 2.45) is 0 Å². The van der Waals surface area contributed by atoms with Crippen LogP contribution in [0.2, 0.25) is 0 Å². The van der Waals surface area contributed by atoms with Gasteiger partial charge in [-0.2, -0.15) is 0 Å². The second-order valence-corrected chi connectivity index (χ2v) is 9.36. The number of carboxylic acids is 1. The molecule has 6 heteroatoms. The van der Waals surface area contributed by atoms with Crippen LogP contribution in [0.5, 0.6) is 0 Å². The van der Waals surface area contributed by atoms with Crippen LogP contribution in [0.3, 0.4) is 0 Å². The molecule has 2 aromatic rings. The molecule has 0 bridgehead atoms. The van der Waals surface area contributed by atoms with Gasteiger partial charge in [0.25, 0.3) is 0 Å². The Kier molecular flexibility index (Phi) is 5.53.